The van der Waals surface area contributed by atoms with Gasteiger partial charge in [0.2, 0.25) is 0 Å². The number of nitrogens with two attached hydrogens (primary N) is 1. The van der Waals surface area contributed by atoms with Crippen LogP contribution in [0.5, 0.6) is 5.75 Å². The topological polar surface area (TPSA) is 61.3 Å². The first kappa shape index (κ1) is 11.4. The molecule has 0 radical (unpaired) electrons. The fourth-order valence-electron chi connectivity index (χ4n) is 1.68. The normalized spacial score (nSPS) is 10.5. The molecule has 0 aliphatic carbocycles. The number of nitrogens with zero attached hydrogens (tertiary/aromatic N) is 1. The lowest BCUT2D eigenvalue weighted by Crippen LogP contribution is -1.91. The molecule has 0 fully saturated rings. The predicted octanol–water partition coefficient (Wildman–Crippen LogP) is 2.63. The lowest BCUT2D eigenvalue weighted by Gasteiger charge is -2.06. The van der Waals surface area contributed by atoms with E-state index >= 15 is 0 Å². The Kier molecular flexibility index (Phi) is 2.99. The van der Waals surface area contributed by atoms with E-state index in [1.54, 1.807) is 6.07 Å². The summed E-state index contributed by atoms with van der Waals surface area (Å²) < 4.78 is 23.7. The SMILES string of the molecule is CCc1nc(N)oc1-c1cc(F)ccc1OC. The largest absolute Gasteiger partial charge is 0.496 e. The second-order valence-electron chi connectivity index (χ2n) is 3.53. The van der Waals surface area contributed by atoms with Gasteiger partial charge in [0.25, 0.3) is 6.01 Å². The van der Waals surface area contributed by atoms with E-state index in [1.807, 2.05) is 6.92 Å². The minimum atomic E-state index is -0.363. The van der Waals surface area contributed by atoms with Crippen molar-refractivity contribution >= 4 is 6.01 Å². The maximum absolute atomic E-state index is 13.3. The van der Waals surface area contributed by atoms with Crippen molar-refractivity contribution in [3.05, 3.63) is 29.7 Å². The molecule has 0 saturated carbocycles. The van der Waals surface area contributed by atoms with Crippen LogP contribution in [-0.4, -0.2) is 12.1 Å². The first-order chi connectivity index (χ1) is 8.15. The molecule has 0 aliphatic rings. The summed E-state index contributed by atoms with van der Waals surface area (Å²) in [4.78, 5) is 4.04. The lowest BCUT2D eigenvalue weighted by molar-refractivity contribution is 0.413. The minimum Gasteiger partial charge on any atom is -0.496 e. The zero-order valence-electron chi connectivity index (χ0n) is 9.66. The maximum Gasteiger partial charge on any atom is 0.292 e. The summed E-state index contributed by atoms with van der Waals surface area (Å²) in [6.45, 7) is 1.92. The number of aryl methyl sites for hydroxylation is 1. The van der Waals surface area contributed by atoms with Crippen LogP contribution in [0.1, 0.15) is 12.6 Å². The third-order valence-electron chi connectivity index (χ3n) is 2.45. The molecule has 1 aromatic heterocycles. The molecule has 17 heavy (non-hydrogen) atoms. The second kappa shape index (κ2) is 4.45. The summed E-state index contributed by atoms with van der Waals surface area (Å²) in [5, 5.41) is 0. The fourth-order valence-corrected chi connectivity index (χ4v) is 1.68. The van der Waals surface area contributed by atoms with Gasteiger partial charge < -0.3 is 14.9 Å². The van der Waals surface area contributed by atoms with Gasteiger partial charge in [-0.25, -0.2) is 4.39 Å². The summed E-state index contributed by atoms with van der Waals surface area (Å²) >= 11 is 0. The number of oxazole rings is 1. The maximum atomic E-state index is 13.3. The summed E-state index contributed by atoms with van der Waals surface area (Å²) in [6.07, 6.45) is 0.649. The number of halogens is 1. The van der Waals surface area contributed by atoms with Crippen LogP contribution in [0.25, 0.3) is 11.3 Å². The van der Waals surface area contributed by atoms with Crippen LogP contribution in [0.3, 0.4) is 0 Å². The molecule has 0 atom stereocenters. The van der Waals surface area contributed by atoms with Gasteiger partial charge in [0.15, 0.2) is 5.76 Å². The molecule has 1 aromatic carbocycles. The van der Waals surface area contributed by atoms with Gasteiger partial charge in [0.05, 0.1) is 18.4 Å². The Labute approximate surface area is 98.2 Å². The molecular formula is C12H13FN2O2. The number of ether oxygens (including phenoxy) is 1. The van der Waals surface area contributed by atoms with E-state index in [4.69, 9.17) is 14.9 Å². The van der Waals surface area contributed by atoms with Crippen molar-refractivity contribution in [1.82, 2.24) is 4.98 Å². The predicted molar refractivity (Wildman–Crippen MR) is 62.2 cm³/mol. The van der Waals surface area contributed by atoms with Gasteiger partial charge in [0, 0.05) is 0 Å². The molecule has 5 heteroatoms. The van der Waals surface area contributed by atoms with E-state index in [-0.39, 0.29) is 11.8 Å². The average molecular weight is 236 g/mol. The fraction of sp³-hybridized carbons (Fsp3) is 0.250. The Morgan fingerprint density at radius 2 is 2.24 bits per heavy atom. The van der Waals surface area contributed by atoms with Crippen LogP contribution in [0.2, 0.25) is 0 Å². The van der Waals surface area contributed by atoms with Crippen molar-refractivity contribution in [2.24, 2.45) is 0 Å². The van der Waals surface area contributed by atoms with Crippen molar-refractivity contribution in [2.75, 3.05) is 12.8 Å². The van der Waals surface area contributed by atoms with Crippen molar-refractivity contribution in [2.45, 2.75) is 13.3 Å². The molecule has 0 unspecified atom stereocenters. The Bertz CT molecular complexity index is 537. The first-order valence-electron chi connectivity index (χ1n) is 5.24. The number of nitrogen functional groups attached to an aromatic ring is 1. The number of rotatable bonds is 3. The quantitative estimate of drug-likeness (QED) is 0.889. The van der Waals surface area contributed by atoms with E-state index in [1.165, 1.54) is 19.2 Å². The summed E-state index contributed by atoms with van der Waals surface area (Å²) in [5.41, 5.74) is 6.72. The molecule has 0 saturated heterocycles. The lowest BCUT2D eigenvalue weighted by atomic mass is 10.1. The number of methoxy groups -OCH3 is 1. The van der Waals surface area contributed by atoms with Crippen LogP contribution in [-0.2, 0) is 6.42 Å². The summed E-state index contributed by atoms with van der Waals surface area (Å²) in [5.74, 6) is 0.622. The van der Waals surface area contributed by atoms with Gasteiger partial charge in [-0.1, -0.05) is 6.92 Å². The van der Waals surface area contributed by atoms with Crippen LogP contribution < -0.4 is 10.5 Å². The van der Waals surface area contributed by atoms with Crippen molar-refractivity contribution in [3.63, 3.8) is 0 Å². The number of anilines is 1. The van der Waals surface area contributed by atoms with Crippen LogP contribution >= 0.6 is 0 Å². The number of hydrogen-bond donors (Lipinski definition) is 1. The van der Waals surface area contributed by atoms with E-state index < -0.39 is 0 Å². The van der Waals surface area contributed by atoms with Gasteiger partial charge in [-0.2, -0.15) is 4.98 Å². The minimum absolute atomic E-state index is 0.0724. The van der Waals surface area contributed by atoms with Crippen LogP contribution in [0, 0.1) is 5.82 Å². The van der Waals surface area contributed by atoms with Crippen molar-refractivity contribution in [3.8, 4) is 17.1 Å². The van der Waals surface area contributed by atoms with Crippen molar-refractivity contribution in [1.29, 1.82) is 0 Å². The number of aromatic nitrogens is 1. The third-order valence-corrected chi connectivity index (χ3v) is 2.45. The van der Waals surface area contributed by atoms with Crippen LogP contribution in [0.15, 0.2) is 22.6 Å². The highest BCUT2D eigenvalue weighted by Gasteiger charge is 2.17. The smallest absolute Gasteiger partial charge is 0.292 e. The summed E-state index contributed by atoms with van der Waals surface area (Å²) in [6, 6.07) is 4.29. The molecule has 1 heterocycles. The van der Waals surface area contributed by atoms with Gasteiger partial charge in [-0.3, -0.25) is 0 Å². The van der Waals surface area contributed by atoms with E-state index in [9.17, 15) is 4.39 Å². The zero-order valence-corrected chi connectivity index (χ0v) is 9.66. The second-order valence-corrected chi connectivity index (χ2v) is 3.53. The van der Waals surface area contributed by atoms with Gasteiger partial charge >= 0.3 is 0 Å². The Balaban J connectivity index is 2.61. The Morgan fingerprint density at radius 3 is 2.88 bits per heavy atom. The zero-order chi connectivity index (χ0) is 12.4. The van der Waals surface area contributed by atoms with Crippen molar-refractivity contribution < 1.29 is 13.5 Å². The third kappa shape index (κ3) is 2.08. The van der Waals surface area contributed by atoms with Crippen LogP contribution in [0.4, 0.5) is 10.4 Å². The molecule has 0 aliphatic heterocycles. The van der Waals surface area contributed by atoms with Gasteiger partial charge in [-0.05, 0) is 24.6 Å². The molecule has 2 aromatic rings. The van der Waals surface area contributed by atoms with E-state index in [0.29, 0.717) is 29.2 Å². The highest BCUT2D eigenvalue weighted by Crippen LogP contribution is 2.34. The molecule has 0 spiro atoms. The molecule has 2 rings (SSSR count). The monoisotopic (exact) mass is 236 g/mol. The average Bonchev–Trinajstić information content (AvgIpc) is 2.70. The molecule has 0 bridgehead atoms. The van der Waals surface area contributed by atoms with Gasteiger partial charge in [0.1, 0.15) is 11.6 Å². The summed E-state index contributed by atoms with van der Waals surface area (Å²) in [7, 11) is 1.52. The number of hydrogen-bond acceptors (Lipinski definition) is 4. The highest BCUT2D eigenvalue weighted by atomic mass is 19.1. The molecule has 2 N–H and O–H groups in total. The molecule has 90 valence electrons. The molecule has 4 nitrogen and oxygen atoms in total. The molecular weight excluding hydrogens is 223 g/mol. The molecule has 0 amide bonds. The van der Waals surface area contributed by atoms with E-state index in [2.05, 4.69) is 4.98 Å². The first-order valence-corrected chi connectivity index (χ1v) is 5.24. The Morgan fingerprint density at radius 1 is 1.47 bits per heavy atom. The number of benzene rings is 1. The standard InChI is InChI=1S/C12H13FN2O2/c1-3-9-11(17-12(14)15-9)8-6-7(13)4-5-10(8)16-2/h4-6H,3H2,1-2H3,(H2,14,15). The Hall–Kier alpha value is -2.04. The van der Waals surface area contributed by atoms with E-state index in [0.717, 1.165) is 0 Å². The van der Waals surface area contributed by atoms with Gasteiger partial charge in [-0.15, -0.1) is 0 Å². The highest BCUT2D eigenvalue weighted by molar-refractivity contribution is 5.68.